The zero-order valence-corrected chi connectivity index (χ0v) is 22.1. The van der Waals surface area contributed by atoms with Crippen LogP contribution < -0.4 is 15.4 Å². The van der Waals surface area contributed by atoms with Crippen LogP contribution >= 0.6 is 0 Å². The number of rotatable bonds is 8. The maximum absolute atomic E-state index is 13.1. The molecule has 3 aromatic rings. The third kappa shape index (κ3) is 6.51. The molecule has 7 heteroatoms. The largest absolute Gasteiger partial charge is 0.496 e. The zero-order valence-electron chi connectivity index (χ0n) is 22.1. The number of nitrogens with zero attached hydrogens (tertiary/aromatic N) is 3. The Kier molecular flexibility index (Phi) is 8.99. The predicted molar refractivity (Wildman–Crippen MR) is 150 cm³/mol. The van der Waals surface area contributed by atoms with Gasteiger partial charge in [-0.25, -0.2) is 0 Å². The van der Waals surface area contributed by atoms with Crippen molar-refractivity contribution >= 4 is 11.9 Å². The Labute approximate surface area is 225 Å². The van der Waals surface area contributed by atoms with E-state index in [9.17, 15) is 10.1 Å². The molecule has 1 saturated carbocycles. The Morgan fingerprint density at radius 3 is 2.32 bits per heavy atom. The average Bonchev–Trinajstić information content (AvgIpc) is 2.97. The molecule has 1 amide bonds. The van der Waals surface area contributed by atoms with Crippen LogP contribution in [0.15, 0.2) is 89.9 Å². The lowest BCUT2D eigenvalue weighted by Crippen LogP contribution is -2.50. The van der Waals surface area contributed by atoms with E-state index >= 15 is 0 Å². The molecule has 38 heavy (non-hydrogen) atoms. The second kappa shape index (κ2) is 12.8. The lowest BCUT2D eigenvalue weighted by Gasteiger charge is -2.41. The van der Waals surface area contributed by atoms with E-state index in [1.54, 1.807) is 19.2 Å². The second-order valence-corrected chi connectivity index (χ2v) is 9.82. The van der Waals surface area contributed by atoms with Crippen LogP contribution in [0.5, 0.6) is 5.75 Å². The van der Waals surface area contributed by atoms with Gasteiger partial charge < -0.3 is 20.3 Å². The standard InChI is InChI=1S/C31H35N5O2/c1-36(21-24-11-5-3-6-12-24)30(34-23-32)35-26-17-19-31(20-18-26,25-13-7-4-8-14-25)22-33-29(37)27-15-9-10-16-28(27)38-2/h3-16,26H,17-22H2,1-2H3,(H,33,37)(H,34,35)/t26-,31-. The van der Waals surface area contributed by atoms with E-state index < -0.39 is 0 Å². The number of nitrogens with one attached hydrogen (secondary N) is 2. The summed E-state index contributed by atoms with van der Waals surface area (Å²) in [5.74, 6) is 1.01. The van der Waals surface area contributed by atoms with Crippen LogP contribution in [0.2, 0.25) is 0 Å². The van der Waals surface area contributed by atoms with Crippen LogP contribution in [0.3, 0.4) is 0 Å². The minimum absolute atomic E-state index is 0.135. The highest BCUT2D eigenvalue weighted by molar-refractivity contribution is 5.97. The summed E-state index contributed by atoms with van der Waals surface area (Å²) in [7, 11) is 3.52. The van der Waals surface area contributed by atoms with Crippen molar-refractivity contribution in [3.63, 3.8) is 0 Å². The van der Waals surface area contributed by atoms with Crippen LogP contribution in [0.25, 0.3) is 0 Å². The molecular weight excluding hydrogens is 474 g/mol. The number of hydrogen-bond acceptors (Lipinski definition) is 4. The summed E-state index contributed by atoms with van der Waals surface area (Å²) < 4.78 is 5.39. The molecule has 7 nitrogen and oxygen atoms in total. The lowest BCUT2D eigenvalue weighted by molar-refractivity contribution is 0.0932. The molecule has 2 N–H and O–H groups in total. The lowest BCUT2D eigenvalue weighted by atomic mass is 9.68. The molecular formula is C31H35N5O2. The molecule has 0 atom stereocenters. The molecule has 196 valence electrons. The smallest absolute Gasteiger partial charge is 0.255 e. The number of carbonyl (C=O) groups excluding carboxylic acids is 1. The van der Waals surface area contributed by atoms with E-state index in [0.717, 1.165) is 31.2 Å². The highest BCUT2D eigenvalue weighted by Crippen LogP contribution is 2.39. The topological polar surface area (TPSA) is 89.7 Å². The Bertz CT molecular complexity index is 1260. The zero-order chi connectivity index (χ0) is 26.8. The van der Waals surface area contributed by atoms with Gasteiger partial charge in [0.1, 0.15) is 5.75 Å². The number of amides is 1. The van der Waals surface area contributed by atoms with Gasteiger partial charge in [-0.3, -0.25) is 4.79 Å². The molecule has 1 aliphatic carbocycles. The molecule has 0 heterocycles. The molecule has 0 aromatic heterocycles. The fourth-order valence-corrected chi connectivity index (χ4v) is 5.24. The highest BCUT2D eigenvalue weighted by atomic mass is 16.5. The number of carbonyl (C=O) groups is 1. The summed E-state index contributed by atoms with van der Waals surface area (Å²) in [5, 5.41) is 16.0. The number of nitriles is 1. The first-order valence-electron chi connectivity index (χ1n) is 13.0. The van der Waals surface area contributed by atoms with Crippen LogP contribution in [0.4, 0.5) is 0 Å². The average molecular weight is 510 g/mol. The minimum atomic E-state index is -0.181. The molecule has 0 spiro atoms. The number of para-hydroxylation sites is 1. The van der Waals surface area contributed by atoms with Crippen molar-refractivity contribution in [1.29, 1.82) is 5.26 Å². The van der Waals surface area contributed by atoms with Gasteiger partial charge >= 0.3 is 0 Å². The molecule has 4 rings (SSSR count). The van der Waals surface area contributed by atoms with Crippen molar-refractivity contribution in [2.24, 2.45) is 4.99 Å². The third-order valence-corrected chi connectivity index (χ3v) is 7.38. The molecule has 0 saturated heterocycles. The third-order valence-electron chi connectivity index (χ3n) is 7.38. The fourth-order valence-electron chi connectivity index (χ4n) is 5.24. The normalized spacial score (nSPS) is 19.2. The van der Waals surface area contributed by atoms with Crippen LogP contribution in [-0.2, 0) is 12.0 Å². The van der Waals surface area contributed by atoms with E-state index in [1.165, 1.54) is 5.56 Å². The maximum atomic E-state index is 13.1. The molecule has 0 unspecified atom stereocenters. The second-order valence-electron chi connectivity index (χ2n) is 9.82. The predicted octanol–water partition coefficient (Wildman–Crippen LogP) is 4.86. The van der Waals surface area contributed by atoms with Crippen LogP contribution in [0.1, 0.15) is 47.2 Å². The Hall–Kier alpha value is -4.31. The van der Waals surface area contributed by atoms with Crippen molar-refractivity contribution in [3.8, 4) is 11.9 Å². The molecule has 3 aromatic carbocycles. The van der Waals surface area contributed by atoms with Crippen molar-refractivity contribution in [3.05, 3.63) is 102 Å². The van der Waals surface area contributed by atoms with Crippen molar-refractivity contribution < 1.29 is 9.53 Å². The number of guanidine groups is 1. The first kappa shape index (κ1) is 26.7. The molecule has 0 bridgehead atoms. The number of ether oxygens (including phenoxy) is 1. The van der Waals surface area contributed by atoms with E-state index in [0.29, 0.717) is 30.4 Å². The molecule has 1 aliphatic rings. The van der Waals surface area contributed by atoms with Gasteiger partial charge in [0.15, 0.2) is 0 Å². The Morgan fingerprint density at radius 1 is 1.03 bits per heavy atom. The van der Waals surface area contributed by atoms with Crippen molar-refractivity contribution in [1.82, 2.24) is 15.5 Å². The number of aliphatic imine (C=N–C) groups is 1. The number of methoxy groups -OCH3 is 1. The molecule has 1 fully saturated rings. The van der Waals surface area contributed by atoms with Gasteiger partial charge in [-0.2, -0.15) is 5.26 Å². The van der Waals surface area contributed by atoms with Gasteiger partial charge in [0, 0.05) is 31.6 Å². The summed E-state index contributed by atoms with van der Waals surface area (Å²) in [6.45, 7) is 1.19. The summed E-state index contributed by atoms with van der Waals surface area (Å²) in [6, 6.07) is 28.0. The number of hydrogen-bond donors (Lipinski definition) is 2. The summed E-state index contributed by atoms with van der Waals surface area (Å²) in [5.41, 5.74) is 2.73. The maximum Gasteiger partial charge on any atom is 0.255 e. The van der Waals surface area contributed by atoms with Crippen LogP contribution in [-0.4, -0.2) is 43.5 Å². The first-order valence-corrected chi connectivity index (χ1v) is 13.0. The van der Waals surface area contributed by atoms with Gasteiger partial charge in [0.05, 0.1) is 12.7 Å². The quantitative estimate of drug-likeness (QED) is 0.257. The van der Waals surface area contributed by atoms with Gasteiger partial charge in [0.25, 0.3) is 5.91 Å². The van der Waals surface area contributed by atoms with E-state index in [1.807, 2.05) is 54.5 Å². The Morgan fingerprint density at radius 2 is 1.66 bits per heavy atom. The van der Waals surface area contributed by atoms with E-state index in [4.69, 9.17) is 4.74 Å². The van der Waals surface area contributed by atoms with Gasteiger partial charge in [-0.1, -0.05) is 72.8 Å². The minimum Gasteiger partial charge on any atom is -0.496 e. The van der Waals surface area contributed by atoms with E-state index in [-0.39, 0.29) is 17.4 Å². The fraction of sp³-hybridized carbons (Fsp3) is 0.323. The van der Waals surface area contributed by atoms with Gasteiger partial charge in [-0.15, -0.1) is 4.99 Å². The molecule has 0 aliphatic heterocycles. The molecule has 0 radical (unpaired) electrons. The van der Waals surface area contributed by atoms with Gasteiger partial charge in [0.2, 0.25) is 12.2 Å². The van der Waals surface area contributed by atoms with E-state index in [2.05, 4.69) is 52.0 Å². The summed E-state index contributed by atoms with van der Waals surface area (Å²) in [4.78, 5) is 19.2. The number of benzene rings is 3. The van der Waals surface area contributed by atoms with Crippen molar-refractivity contribution in [2.45, 2.75) is 43.7 Å². The monoisotopic (exact) mass is 509 g/mol. The summed E-state index contributed by atoms with van der Waals surface area (Å²) in [6.07, 6.45) is 5.52. The summed E-state index contributed by atoms with van der Waals surface area (Å²) >= 11 is 0. The van der Waals surface area contributed by atoms with Crippen LogP contribution in [0, 0.1) is 11.5 Å². The van der Waals surface area contributed by atoms with Crippen molar-refractivity contribution in [2.75, 3.05) is 20.7 Å². The first-order chi connectivity index (χ1) is 18.5. The Balaban J connectivity index is 1.44. The SMILES string of the molecule is COc1ccccc1C(=O)NC[C@]1(c2ccccc2)CC[C@H](N/C(=N\C#N)N(C)Cc2ccccc2)CC1. The van der Waals surface area contributed by atoms with Gasteiger partial charge in [-0.05, 0) is 48.9 Å². The highest BCUT2D eigenvalue weighted by Gasteiger charge is 2.37.